The molecule has 0 atom stereocenters. The van der Waals surface area contributed by atoms with Gasteiger partial charge in [-0.2, -0.15) is 16.8 Å². The summed E-state index contributed by atoms with van der Waals surface area (Å²) < 4.78 is 69.6. The molecule has 0 saturated heterocycles. The Bertz CT molecular complexity index is 1170. The predicted molar refractivity (Wildman–Crippen MR) is 100 cm³/mol. The molecule has 30 heavy (non-hydrogen) atoms. The van der Waals surface area contributed by atoms with Gasteiger partial charge in [0.15, 0.2) is 0 Å². The highest BCUT2D eigenvalue weighted by Gasteiger charge is 2.32. The van der Waals surface area contributed by atoms with E-state index in [2.05, 4.69) is 0 Å². The highest BCUT2D eigenvalue weighted by atomic mass is 32.2. The fraction of sp³-hybridized carbons (Fsp3) is 0.176. The minimum atomic E-state index is -4.54. The number of rotatable bonds is 6. The number of nitrogens with one attached hydrogen (secondary N) is 1. The minimum absolute atomic E-state index is 0.262. The van der Waals surface area contributed by atoms with Crippen LogP contribution in [-0.2, 0) is 29.8 Å². The van der Waals surface area contributed by atoms with Crippen LogP contribution in [0, 0.1) is 0 Å². The number of ether oxygens (including phenoxy) is 1. The number of carboxylic acids is 1. The number of amides is 1. The number of carboxylic acid groups (broad SMARTS) is 1. The van der Waals surface area contributed by atoms with E-state index in [1.807, 2.05) is 5.32 Å². The molecular formula is C17H15NO10S2. The van der Waals surface area contributed by atoms with Gasteiger partial charge >= 0.3 is 12.1 Å². The molecule has 11 nitrogen and oxygen atoms in total. The molecule has 2 aromatic carbocycles. The molecular weight excluding hydrogens is 442 g/mol. The van der Waals surface area contributed by atoms with Gasteiger partial charge in [0.2, 0.25) is 0 Å². The molecule has 0 heterocycles. The number of carbonyl (C=O) groups is 2. The summed E-state index contributed by atoms with van der Waals surface area (Å²) >= 11 is 0. The first-order valence-electron chi connectivity index (χ1n) is 8.23. The Hall–Kier alpha value is -3.00. The predicted octanol–water partition coefficient (Wildman–Crippen LogP) is 1.10. The Morgan fingerprint density at radius 2 is 1.37 bits per heavy atom. The van der Waals surface area contributed by atoms with Crippen LogP contribution < -0.4 is 5.32 Å². The maximum atomic E-state index is 11.7. The molecule has 1 aliphatic rings. The molecule has 160 valence electrons. The first-order chi connectivity index (χ1) is 13.9. The largest absolute Gasteiger partial charge is 0.480 e. The van der Waals surface area contributed by atoms with Crippen molar-refractivity contribution in [2.75, 3.05) is 13.2 Å². The van der Waals surface area contributed by atoms with Crippen molar-refractivity contribution in [1.29, 1.82) is 0 Å². The maximum Gasteiger partial charge on any atom is 0.407 e. The zero-order valence-corrected chi connectivity index (χ0v) is 16.6. The highest BCUT2D eigenvalue weighted by Crippen LogP contribution is 2.46. The maximum absolute atomic E-state index is 11.7. The Kier molecular flexibility index (Phi) is 5.56. The van der Waals surface area contributed by atoms with Crippen molar-refractivity contribution < 1.29 is 45.4 Å². The summed E-state index contributed by atoms with van der Waals surface area (Å²) in [5.74, 6) is -1.89. The first-order valence-corrected chi connectivity index (χ1v) is 11.1. The van der Waals surface area contributed by atoms with E-state index < -0.39 is 54.6 Å². The van der Waals surface area contributed by atoms with Crippen LogP contribution in [0.4, 0.5) is 4.79 Å². The van der Waals surface area contributed by atoms with Gasteiger partial charge in [0.05, 0.1) is 9.79 Å². The Balaban J connectivity index is 2.03. The van der Waals surface area contributed by atoms with Crippen LogP contribution in [0.2, 0.25) is 0 Å². The Labute approximate surface area is 170 Å². The summed E-state index contributed by atoms with van der Waals surface area (Å²) in [5.41, 5.74) is 1.50. The summed E-state index contributed by atoms with van der Waals surface area (Å²) in [5, 5.41) is 10.6. The third kappa shape index (κ3) is 4.43. The van der Waals surface area contributed by atoms with Gasteiger partial charge in [-0.15, -0.1) is 0 Å². The topological polar surface area (TPSA) is 184 Å². The molecule has 0 unspecified atom stereocenters. The number of alkyl carbamates (subject to hydrolysis) is 1. The van der Waals surface area contributed by atoms with Crippen molar-refractivity contribution in [3.8, 4) is 11.1 Å². The van der Waals surface area contributed by atoms with Crippen molar-refractivity contribution >= 4 is 32.3 Å². The molecule has 0 radical (unpaired) electrons. The van der Waals surface area contributed by atoms with E-state index in [1.165, 1.54) is 12.1 Å². The summed E-state index contributed by atoms with van der Waals surface area (Å²) in [6.45, 7) is -0.909. The lowest BCUT2D eigenvalue weighted by atomic mass is 9.98. The fourth-order valence-corrected chi connectivity index (χ4v) is 4.18. The molecule has 3 rings (SSSR count). The van der Waals surface area contributed by atoms with E-state index in [4.69, 9.17) is 9.84 Å². The molecule has 0 saturated carbocycles. The first kappa shape index (κ1) is 21.7. The second-order valence-corrected chi connectivity index (χ2v) is 9.19. The van der Waals surface area contributed by atoms with Gasteiger partial charge in [0.1, 0.15) is 13.2 Å². The number of carbonyl (C=O) groups excluding carboxylic acids is 1. The van der Waals surface area contributed by atoms with Gasteiger partial charge in [0.25, 0.3) is 20.2 Å². The third-order valence-electron chi connectivity index (χ3n) is 4.45. The molecule has 4 N–H and O–H groups in total. The van der Waals surface area contributed by atoms with Gasteiger partial charge in [-0.25, -0.2) is 4.79 Å². The fourth-order valence-electron chi connectivity index (χ4n) is 3.17. The summed E-state index contributed by atoms with van der Waals surface area (Å²) in [6.07, 6.45) is -0.989. The number of hydrogen-bond donors (Lipinski definition) is 4. The van der Waals surface area contributed by atoms with E-state index in [0.29, 0.717) is 11.1 Å². The van der Waals surface area contributed by atoms with Crippen molar-refractivity contribution in [3.05, 3.63) is 47.5 Å². The summed E-state index contributed by atoms with van der Waals surface area (Å²) in [6, 6.07) is 7.33. The third-order valence-corrected chi connectivity index (χ3v) is 6.15. The van der Waals surface area contributed by atoms with Crippen molar-refractivity contribution in [2.24, 2.45) is 0 Å². The van der Waals surface area contributed by atoms with Crippen LogP contribution in [-0.4, -0.2) is 56.3 Å². The lowest BCUT2D eigenvalue weighted by Gasteiger charge is -2.14. The average Bonchev–Trinajstić information content (AvgIpc) is 2.95. The molecule has 0 spiro atoms. The van der Waals surface area contributed by atoms with E-state index in [-0.39, 0.29) is 17.7 Å². The highest BCUT2D eigenvalue weighted by molar-refractivity contribution is 7.86. The van der Waals surface area contributed by atoms with E-state index >= 15 is 0 Å². The standard InChI is InChI=1S/C17H15NO10S2/c19-16(20)7-18-17(21)28-8-15-11-3-1-9(29(22,23)24)5-13(11)14-6-10(30(25,26)27)2-4-12(14)15/h1-6,15H,7-8H2,(H,18,21)(H,19,20)(H,22,23,24)(H,25,26,27). The van der Waals surface area contributed by atoms with Crippen molar-refractivity contribution in [3.63, 3.8) is 0 Å². The molecule has 13 heteroatoms. The van der Waals surface area contributed by atoms with Crippen LogP contribution in [0.15, 0.2) is 46.2 Å². The SMILES string of the molecule is O=C(O)CNC(=O)OCC1c2ccc(S(=O)(=O)O)cc2-c2cc(S(=O)(=O)O)ccc21. The Morgan fingerprint density at radius 3 is 1.77 bits per heavy atom. The smallest absolute Gasteiger partial charge is 0.407 e. The minimum Gasteiger partial charge on any atom is -0.480 e. The summed E-state index contributed by atoms with van der Waals surface area (Å²) in [4.78, 5) is 21.3. The number of aliphatic carboxylic acids is 1. The van der Waals surface area contributed by atoms with Crippen LogP contribution in [0.25, 0.3) is 11.1 Å². The molecule has 1 amide bonds. The van der Waals surface area contributed by atoms with Crippen LogP contribution in [0.3, 0.4) is 0 Å². The van der Waals surface area contributed by atoms with E-state index in [1.54, 1.807) is 0 Å². The van der Waals surface area contributed by atoms with E-state index in [0.717, 1.165) is 24.3 Å². The molecule has 0 aliphatic heterocycles. The van der Waals surface area contributed by atoms with E-state index in [9.17, 15) is 35.5 Å². The second-order valence-electron chi connectivity index (χ2n) is 6.35. The van der Waals surface area contributed by atoms with Gasteiger partial charge in [-0.3, -0.25) is 13.9 Å². The number of hydrogen-bond acceptors (Lipinski definition) is 7. The second kappa shape index (κ2) is 7.68. The quantitative estimate of drug-likeness (QED) is 0.458. The lowest BCUT2D eigenvalue weighted by Crippen LogP contribution is -2.30. The monoisotopic (exact) mass is 457 g/mol. The van der Waals surface area contributed by atoms with Crippen LogP contribution in [0.1, 0.15) is 17.0 Å². The lowest BCUT2D eigenvalue weighted by molar-refractivity contribution is -0.135. The molecule has 1 aliphatic carbocycles. The molecule has 0 fully saturated rings. The number of fused-ring (bicyclic) bond motifs is 3. The van der Waals surface area contributed by atoms with Gasteiger partial charge in [0, 0.05) is 5.92 Å². The number of benzene rings is 2. The molecule has 0 bridgehead atoms. The zero-order chi connectivity index (χ0) is 22.3. The van der Waals surface area contributed by atoms with Gasteiger partial charge in [-0.05, 0) is 46.5 Å². The van der Waals surface area contributed by atoms with Crippen molar-refractivity contribution in [2.45, 2.75) is 15.7 Å². The Morgan fingerprint density at radius 1 is 0.900 bits per heavy atom. The van der Waals surface area contributed by atoms with Gasteiger partial charge in [-0.1, -0.05) is 12.1 Å². The van der Waals surface area contributed by atoms with Crippen LogP contribution >= 0.6 is 0 Å². The van der Waals surface area contributed by atoms with Crippen molar-refractivity contribution in [1.82, 2.24) is 5.32 Å². The summed E-state index contributed by atoms with van der Waals surface area (Å²) in [7, 11) is -9.09. The molecule has 0 aromatic heterocycles. The van der Waals surface area contributed by atoms with Gasteiger partial charge < -0.3 is 15.2 Å². The van der Waals surface area contributed by atoms with Crippen LogP contribution in [0.5, 0.6) is 0 Å². The average molecular weight is 457 g/mol. The molecule has 2 aromatic rings. The normalized spacial score (nSPS) is 13.4. The zero-order valence-electron chi connectivity index (χ0n) is 15.0.